The zero-order chi connectivity index (χ0) is 17.2. The minimum absolute atomic E-state index is 0.0763. The molecule has 0 aliphatic carbocycles. The van der Waals surface area contributed by atoms with Crippen molar-refractivity contribution in [2.75, 3.05) is 0 Å². The summed E-state index contributed by atoms with van der Waals surface area (Å²) in [7, 11) is 0. The highest BCUT2D eigenvalue weighted by atomic mass is 79.9. The second kappa shape index (κ2) is 6.74. The summed E-state index contributed by atoms with van der Waals surface area (Å²) in [5.74, 6) is 0.563. The van der Waals surface area contributed by atoms with E-state index in [2.05, 4.69) is 25.9 Å². The van der Waals surface area contributed by atoms with Crippen LogP contribution in [0.4, 0.5) is 0 Å². The summed E-state index contributed by atoms with van der Waals surface area (Å²) in [6, 6.07) is 15.2. The Bertz CT molecular complexity index is 1130. The molecule has 0 atom stereocenters. The van der Waals surface area contributed by atoms with E-state index in [-0.39, 0.29) is 5.56 Å². The van der Waals surface area contributed by atoms with E-state index in [1.54, 1.807) is 10.8 Å². The first kappa shape index (κ1) is 15.9. The number of fused-ring (bicyclic) bond motifs is 1. The molecule has 0 aliphatic rings. The predicted octanol–water partition coefficient (Wildman–Crippen LogP) is 4.78. The second-order valence-corrected chi connectivity index (χ2v) is 7.06. The van der Waals surface area contributed by atoms with E-state index >= 15 is 0 Å². The minimum Gasteiger partial charge on any atom is -0.267 e. The van der Waals surface area contributed by atoms with Crippen LogP contribution >= 0.6 is 27.3 Å². The van der Waals surface area contributed by atoms with Crippen LogP contribution in [0.5, 0.6) is 0 Å². The van der Waals surface area contributed by atoms with Gasteiger partial charge in [-0.2, -0.15) is 0 Å². The van der Waals surface area contributed by atoms with Crippen molar-refractivity contribution in [3.05, 3.63) is 86.5 Å². The first-order chi connectivity index (χ1) is 12.2. The van der Waals surface area contributed by atoms with Gasteiger partial charge >= 0.3 is 0 Å². The number of halogens is 1. The van der Waals surface area contributed by atoms with Gasteiger partial charge in [0.25, 0.3) is 5.56 Å². The van der Waals surface area contributed by atoms with Gasteiger partial charge < -0.3 is 0 Å². The minimum atomic E-state index is -0.0763. The van der Waals surface area contributed by atoms with Gasteiger partial charge in [0.05, 0.1) is 16.9 Å². The maximum atomic E-state index is 13.0. The van der Waals surface area contributed by atoms with Crippen molar-refractivity contribution in [3.63, 3.8) is 0 Å². The van der Waals surface area contributed by atoms with Crippen molar-refractivity contribution in [2.45, 2.75) is 0 Å². The monoisotopic (exact) mass is 409 g/mol. The molecule has 6 heteroatoms. The highest BCUT2D eigenvalue weighted by Crippen LogP contribution is 2.23. The van der Waals surface area contributed by atoms with Crippen LogP contribution in [-0.4, -0.2) is 14.5 Å². The molecule has 0 saturated carbocycles. The Labute approximate surface area is 156 Å². The molecule has 4 rings (SSSR count). The van der Waals surface area contributed by atoms with Gasteiger partial charge in [0.1, 0.15) is 10.5 Å². The Morgan fingerprint density at radius 2 is 1.88 bits per heavy atom. The molecule has 122 valence electrons. The van der Waals surface area contributed by atoms with E-state index in [1.165, 1.54) is 11.3 Å². The summed E-state index contributed by atoms with van der Waals surface area (Å²) in [6.45, 7) is 0. The smallest absolute Gasteiger partial charge is 0.267 e. The second-order valence-electron chi connectivity index (χ2n) is 5.28. The third-order valence-corrected chi connectivity index (χ3v) is 5.25. The molecular weight excluding hydrogens is 398 g/mol. The summed E-state index contributed by atoms with van der Waals surface area (Å²) in [5, 5.41) is 1.88. The standard InChI is InChI=1S/C19H12BrN3OS/c20-14-6-1-2-7-16(14)23-17(9-8-13-5-3-4-11-21-13)22-15-10-12-25-18(15)19(23)24/h1-12H. The van der Waals surface area contributed by atoms with Crippen molar-refractivity contribution in [1.29, 1.82) is 0 Å². The third kappa shape index (κ3) is 3.06. The van der Waals surface area contributed by atoms with Gasteiger partial charge in [-0.05, 0) is 63.8 Å². The molecular formula is C19H12BrN3OS. The molecule has 0 bridgehead atoms. The molecule has 0 radical (unpaired) electrons. The van der Waals surface area contributed by atoms with Crippen LogP contribution in [0.3, 0.4) is 0 Å². The van der Waals surface area contributed by atoms with E-state index in [0.717, 1.165) is 15.9 Å². The molecule has 1 aromatic carbocycles. The van der Waals surface area contributed by atoms with Crippen LogP contribution in [0.15, 0.2) is 69.4 Å². The highest BCUT2D eigenvalue weighted by molar-refractivity contribution is 9.10. The van der Waals surface area contributed by atoms with Crippen LogP contribution in [0.25, 0.3) is 28.1 Å². The van der Waals surface area contributed by atoms with Crippen molar-refractivity contribution in [1.82, 2.24) is 14.5 Å². The first-order valence-corrected chi connectivity index (χ1v) is 9.25. The van der Waals surface area contributed by atoms with Crippen molar-refractivity contribution in [2.24, 2.45) is 0 Å². The van der Waals surface area contributed by atoms with Crippen molar-refractivity contribution >= 4 is 49.6 Å². The van der Waals surface area contributed by atoms with Gasteiger partial charge in [-0.25, -0.2) is 4.98 Å². The SMILES string of the molecule is O=c1c2sccc2nc(C=Cc2ccccn2)n1-c1ccccc1Br. The van der Waals surface area contributed by atoms with Crippen LogP contribution in [0.2, 0.25) is 0 Å². The number of rotatable bonds is 3. The van der Waals surface area contributed by atoms with Gasteiger partial charge in [0.2, 0.25) is 0 Å². The van der Waals surface area contributed by atoms with Gasteiger partial charge in [0.15, 0.2) is 0 Å². The van der Waals surface area contributed by atoms with E-state index in [0.29, 0.717) is 16.0 Å². The summed E-state index contributed by atoms with van der Waals surface area (Å²) >= 11 is 4.94. The molecule has 4 nitrogen and oxygen atoms in total. The predicted molar refractivity (Wildman–Crippen MR) is 106 cm³/mol. The van der Waals surface area contributed by atoms with Crippen molar-refractivity contribution < 1.29 is 0 Å². The number of nitrogens with zero attached hydrogens (tertiary/aromatic N) is 3. The number of aromatic nitrogens is 3. The normalized spacial score (nSPS) is 11.4. The average Bonchev–Trinajstić information content (AvgIpc) is 3.11. The molecule has 0 N–H and O–H groups in total. The number of thiophene rings is 1. The first-order valence-electron chi connectivity index (χ1n) is 7.58. The van der Waals surface area contributed by atoms with Gasteiger partial charge in [0, 0.05) is 10.7 Å². The van der Waals surface area contributed by atoms with Crippen molar-refractivity contribution in [3.8, 4) is 5.69 Å². The molecule has 0 unspecified atom stereocenters. The van der Waals surface area contributed by atoms with Crippen LogP contribution in [-0.2, 0) is 0 Å². The maximum absolute atomic E-state index is 13.0. The fraction of sp³-hybridized carbons (Fsp3) is 0. The zero-order valence-corrected chi connectivity index (χ0v) is 15.4. The molecule has 3 heterocycles. The van der Waals surface area contributed by atoms with Crippen LogP contribution in [0, 0.1) is 0 Å². The Balaban J connectivity index is 1.96. The molecule has 4 aromatic rings. The quantitative estimate of drug-likeness (QED) is 0.489. The number of benzene rings is 1. The zero-order valence-electron chi connectivity index (χ0n) is 13.0. The fourth-order valence-electron chi connectivity index (χ4n) is 2.54. The molecule has 0 aliphatic heterocycles. The van der Waals surface area contributed by atoms with Crippen LogP contribution < -0.4 is 5.56 Å². The van der Waals surface area contributed by atoms with E-state index < -0.39 is 0 Å². The highest BCUT2D eigenvalue weighted by Gasteiger charge is 2.13. The van der Waals surface area contributed by atoms with Gasteiger partial charge in [-0.1, -0.05) is 18.2 Å². The lowest BCUT2D eigenvalue weighted by molar-refractivity contribution is 0.942. The maximum Gasteiger partial charge on any atom is 0.276 e. The van der Waals surface area contributed by atoms with Gasteiger partial charge in [-0.15, -0.1) is 11.3 Å². The summed E-state index contributed by atoms with van der Waals surface area (Å²) in [6.07, 6.45) is 5.41. The van der Waals surface area contributed by atoms with E-state index in [4.69, 9.17) is 0 Å². The molecule has 0 fully saturated rings. The molecule has 3 aromatic heterocycles. The molecule has 0 amide bonds. The topological polar surface area (TPSA) is 47.8 Å². The average molecular weight is 410 g/mol. The lowest BCUT2D eigenvalue weighted by Gasteiger charge is -2.11. The number of hydrogen-bond acceptors (Lipinski definition) is 4. The summed E-state index contributed by atoms with van der Waals surface area (Å²) < 4.78 is 3.11. The Hall–Kier alpha value is -2.57. The summed E-state index contributed by atoms with van der Waals surface area (Å²) in [5.41, 5.74) is 2.20. The third-order valence-electron chi connectivity index (χ3n) is 3.69. The molecule has 0 spiro atoms. The Morgan fingerprint density at radius 1 is 1.04 bits per heavy atom. The van der Waals surface area contributed by atoms with Gasteiger partial charge in [-0.3, -0.25) is 14.3 Å². The van der Waals surface area contributed by atoms with Crippen LogP contribution in [0.1, 0.15) is 11.5 Å². The molecule has 0 saturated heterocycles. The Kier molecular flexibility index (Phi) is 4.29. The summed E-state index contributed by atoms with van der Waals surface area (Å²) in [4.78, 5) is 22.0. The number of para-hydroxylation sites is 1. The van der Waals surface area contributed by atoms with E-state index in [9.17, 15) is 4.79 Å². The lowest BCUT2D eigenvalue weighted by atomic mass is 10.2. The fourth-order valence-corrected chi connectivity index (χ4v) is 3.76. The lowest BCUT2D eigenvalue weighted by Crippen LogP contribution is -2.21. The molecule has 25 heavy (non-hydrogen) atoms. The largest absolute Gasteiger partial charge is 0.276 e. The number of pyridine rings is 1. The Morgan fingerprint density at radius 3 is 2.68 bits per heavy atom. The van der Waals surface area contributed by atoms with E-state index in [1.807, 2.05) is 66.1 Å². The number of hydrogen-bond donors (Lipinski definition) is 0.